The molecule has 24 heavy (non-hydrogen) atoms. The maximum absolute atomic E-state index is 12.9. The molecule has 3 rings (SSSR count). The molecule has 2 N–H and O–H groups in total. The number of carbonyl (C=O) groups is 2. The van der Waals surface area contributed by atoms with Crippen molar-refractivity contribution in [3.63, 3.8) is 0 Å². The van der Waals surface area contributed by atoms with Crippen molar-refractivity contribution in [2.75, 3.05) is 39.3 Å². The van der Waals surface area contributed by atoms with Gasteiger partial charge in [-0.3, -0.25) is 4.79 Å². The third-order valence-corrected chi connectivity index (χ3v) is 6.16. The number of halogens is 1. The zero-order chi connectivity index (χ0) is 16.6. The van der Waals surface area contributed by atoms with Crippen LogP contribution in [0, 0.1) is 17.8 Å². The van der Waals surface area contributed by atoms with Gasteiger partial charge in [-0.1, -0.05) is 0 Å². The second-order valence-electron chi connectivity index (χ2n) is 7.20. The number of hydrogen-bond donors (Lipinski definition) is 1. The molecule has 4 atom stereocenters. The van der Waals surface area contributed by atoms with Crippen molar-refractivity contribution in [1.82, 2.24) is 14.7 Å². The first kappa shape index (κ1) is 19.3. The number of rotatable bonds is 3. The highest BCUT2D eigenvalue weighted by Crippen LogP contribution is 2.48. The smallest absolute Gasteiger partial charge is 0.320 e. The largest absolute Gasteiger partial charge is 0.339 e. The molecule has 2 aliphatic carbocycles. The van der Waals surface area contributed by atoms with Gasteiger partial charge in [0.05, 0.1) is 5.92 Å². The number of carbonyl (C=O) groups excluding carboxylic acids is 2. The van der Waals surface area contributed by atoms with E-state index in [-0.39, 0.29) is 36.3 Å². The van der Waals surface area contributed by atoms with Gasteiger partial charge in [0.15, 0.2) is 0 Å². The van der Waals surface area contributed by atoms with Gasteiger partial charge in [-0.15, -0.1) is 12.4 Å². The van der Waals surface area contributed by atoms with Crippen LogP contribution in [0.2, 0.25) is 0 Å². The number of fused-ring (bicyclic) bond motifs is 2. The number of amides is 3. The molecule has 4 unspecified atom stereocenters. The molecule has 3 fully saturated rings. The summed E-state index contributed by atoms with van der Waals surface area (Å²) in [5.74, 6) is 1.32. The van der Waals surface area contributed by atoms with E-state index in [4.69, 9.17) is 5.73 Å². The second-order valence-corrected chi connectivity index (χ2v) is 7.20. The lowest BCUT2D eigenvalue weighted by Gasteiger charge is -2.39. The Morgan fingerprint density at radius 2 is 1.54 bits per heavy atom. The van der Waals surface area contributed by atoms with Crippen molar-refractivity contribution >= 4 is 24.3 Å². The van der Waals surface area contributed by atoms with Gasteiger partial charge in [0.2, 0.25) is 5.91 Å². The van der Waals surface area contributed by atoms with Crippen LogP contribution in [0.5, 0.6) is 0 Å². The molecule has 1 saturated heterocycles. The molecule has 6 nitrogen and oxygen atoms in total. The molecule has 0 aromatic carbocycles. The molecular weight excluding hydrogens is 328 g/mol. The molecular formula is C17H31ClN4O2. The zero-order valence-corrected chi connectivity index (χ0v) is 15.6. The lowest BCUT2D eigenvalue weighted by molar-refractivity contribution is -0.139. The Morgan fingerprint density at radius 3 is 2.04 bits per heavy atom. The normalized spacial score (nSPS) is 31.8. The van der Waals surface area contributed by atoms with E-state index in [1.165, 1.54) is 6.42 Å². The van der Waals surface area contributed by atoms with Gasteiger partial charge in [0.1, 0.15) is 0 Å². The summed E-state index contributed by atoms with van der Waals surface area (Å²) in [5, 5.41) is 0. The topological polar surface area (TPSA) is 69.9 Å². The van der Waals surface area contributed by atoms with Gasteiger partial charge in [-0.25, -0.2) is 4.79 Å². The van der Waals surface area contributed by atoms with Gasteiger partial charge in [0, 0.05) is 45.3 Å². The van der Waals surface area contributed by atoms with Crippen LogP contribution in [0.4, 0.5) is 4.79 Å². The van der Waals surface area contributed by atoms with Gasteiger partial charge >= 0.3 is 6.03 Å². The average Bonchev–Trinajstić information content (AvgIpc) is 3.16. The Bertz CT molecular complexity index is 462. The maximum Gasteiger partial charge on any atom is 0.320 e. The summed E-state index contributed by atoms with van der Waals surface area (Å²) in [5.41, 5.74) is 6.30. The minimum absolute atomic E-state index is 0. The van der Waals surface area contributed by atoms with E-state index in [0.29, 0.717) is 38.0 Å². The van der Waals surface area contributed by atoms with Crippen LogP contribution in [-0.2, 0) is 4.79 Å². The van der Waals surface area contributed by atoms with Crippen LogP contribution in [0.3, 0.4) is 0 Å². The maximum atomic E-state index is 12.9. The van der Waals surface area contributed by atoms with E-state index in [2.05, 4.69) is 0 Å². The Morgan fingerprint density at radius 1 is 1.00 bits per heavy atom. The molecule has 1 heterocycles. The van der Waals surface area contributed by atoms with Crippen LogP contribution in [0.25, 0.3) is 0 Å². The fourth-order valence-corrected chi connectivity index (χ4v) is 4.73. The number of urea groups is 1. The number of nitrogens with two attached hydrogens (primary N) is 1. The molecule has 2 bridgehead atoms. The summed E-state index contributed by atoms with van der Waals surface area (Å²) in [6, 6.07) is 0.148. The fraction of sp³-hybridized carbons (Fsp3) is 0.882. The first-order valence-corrected chi connectivity index (χ1v) is 9.15. The summed E-state index contributed by atoms with van der Waals surface area (Å²) in [6.45, 7) is 8.02. The lowest BCUT2D eigenvalue weighted by Crippen LogP contribution is -2.56. The highest BCUT2D eigenvalue weighted by atomic mass is 35.5. The van der Waals surface area contributed by atoms with E-state index in [9.17, 15) is 9.59 Å². The second kappa shape index (κ2) is 7.91. The predicted molar refractivity (Wildman–Crippen MR) is 96.0 cm³/mol. The molecule has 3 amide bonds. The Balaban J connectivity index is 0.00000208. The van der Waals surface area contributed by atoms with E-state index in [1.807, 2.05) is 28.5 Å². The molecule has 138 valence electrons. The summed E-state index contributed by atoms with van der Waals surface area (Å²) < 4.78 is 0. The van der Waals surface area contributed by atoms with Gasteiger partial charge in [0.25, 0.3) is 0 Å². The predicted octanol–water partition coefficient (Wildman–Crippen LogP) is 1.39. The summed E-state index contributed by atoms with van der Waals surface area (Å²) >= 11 is 0. The summed E-state index contributed by atoms with van der Waals surface area (Å²) in [7, 11) is 0. The van der Waals surface area contributed by atoms with E-state index < -0.39 is 0 Å². The number of piperazine rings is 1. The molecule has 3 aliphatic rings. The molecule has 0 radical (unpaired) electrons. The zero-order valence-electron chi connectivity index (χ0n) is 14.8. The Labute approximate surface area is 151 Å². The van der Waals surface area contributed by atoms with Crippen LogP contribution in [0.15, 0.2) is 0 Å². The van der Waals surface area contributed by atoms with E-state index in [1.54, 1.807) is 0 Å². The van der Waals surface area contributed by atoms with Crippen LogP contribution < -0.4 is 5.73 Å². The number of nitrogens with zero attached hydrogens (tertiary/aromatic N) is 3. The quantitative estimate of drug-likeness (QED) is 0.828. The van der Waals surface area contributed by atoms with Gasteiger partial charge in [-0.05, 0) is 44.9 Å². The molecule has 1 aliphatic heterocycles. The Hall–Kier alpha value is -1.01. The van der Waals surface area contributed by atoms with Crippen molar-refractivity contribution in [3.05, 3.63) is 0 Å². The van der Waals surface area contributed by atoms with Crippen molar-refractivity contribution < 1.29 is 9.59 Å². The molecule has 2 saturated carbocycles. The van der Waals surface area contributed by atoms with E-state index in [0.717, 1.165) is 25.9 Å². The van der Waals surface area contributed by atoms with Crippen molar-refractivity contribution in [1.29, 1.82) is 0 Å². The third kappa shape index (κ3) is 3.36. The van der Waals surface area contributed by atoms with Crippen molar-refractivity contribution in [2.24, 2.45) is 23.5 Å². The van der Waals surface area contributed by atoms with Crippen molar-refractivity contribution in [3.8, 4) is 0 Å². The Kier molecular flexibility index (Phi) is 6.37. The van der Waals surface area contributed by atoms with Crippen molar-refractivity contribution in [2.45, 2.75) is 39.2 Å². The molecule has 0 aromatic heterocycles. The number of hydrogen-bond acceptors (Lipinski definition) is 3. The monoisotopic (exact) mass is 358 g/mol. The highest BCUT2D eigenvalue weighted by molar-refractivity contribution is 5.85. The van der Waals surface area contributed by atoms with Crippen LogP contribution in [0.1, 0.15) is 33.1 Å². The fourth-order valence-electron chi connectivity index (χ4n) is 4.73. The standard InChI is InChI=1S/C17H30N4O2.ClH/c1-3-19(4-2)17(23)21-9-7-20(8-10-21)16(22)14-12-5-6-13(11-12)15(14)18;/h12-15H,3-11,18H2,1-2H3;1H. The average molecular weight is 359 g/mol. The van der Waals surface area contributed by atoms with E-state index >= 15 is 0 Å². The minimum atomic E-state index is 0. The summed E-state index contributed by atoms with van der Waals surface area (Å²) in [6.07, 6.45) is 3.49. The SMILES string of the molecule is CCN(CC)C(=O)N1CCN(C(=O)C2C3CCC(C3)C2N)CC1.Cl. The highest BCUT2D eigenvalue weighted by Gasteiger charge is 2.50. The third-order valence-electron chi connectivity index (χ3n) is 6.16. The van der Waals surface area contributed by atoms with Crippen LogP contribution >= 0.6 is 12.4 Å². The summed E-state index contributed by atoms with van der Waals surface area (Å²) in [4.78, 5) is 30.9. The molecule has 7 heteroatoms. The first-order chi connectivity index (χ1) is 11.1. The molecule has 0 aromatic rings. The van der Waals surface area contributed by atoms with Gasteiger partial charge < -0.3 is 20.4 Å². The minimum Gasteiger partial charge on any atom is -0.339 e. The molecule has 0 spiro atoms. The first-order valence-electron chi connectivity index (χ1n) is 9.15. The van der Waals surface area contributed by atoms with Crippen LogP contribution in [-0.4, -0.2) is 71.9 Å². The van der Waals surface area contributed by atoms with Gasteiger partial charge in [-0.2, -0.15) is 0 Å². The lowest BCUT2D eigenvalue weighted by atomic mass is 9.84.